The van der Waals surface area contributed by atoms with Gasteiger partial charge in [0.15, 0.2) is 6.61 Å². The van der Waals surface area contributed by atoms with Gasteiger partial charge in [-0.15, -0.1) is 0 Å². The minimum absolute atomic E-state index is 0.140. The summed E-state index contributed by atoms with van der Waals surface area (Å²) in [6.45, 7) is 2.22. The highest BCUT2D eigenvalue weighted by Crippen LogP contribution is 2.20. The van der Waals surface area contributed by atoms with Crippen molar-refractivity contribution < 1.29 is 14.3 Å². The average molecular weight is 409 g/mol. The van der Waals surface area contributed by atoms with E-state index in [1.165, 1.54) is 0 Å². The number of amides is 1. The number of aryl methyl sites for hydroxylation is 1. The summed E-state index contributed by atoms with van der Waals surface area (Å²) in [5, 5.41) is 4.62. The van der Waals surface area contributed by atoms with Crippen molar-refractivity contribution in [1.29, 1.82) is 0 Å². The van der Waals surface area contributed by atoms with E-state index >= 15 is 0 Å². The fraction of sp³-hybridized carbons (Fsp3) is 0.130. The summed E-state index contributed by atoms with van der Waals surface area (Å²) in [4.78, 5) is 11.9. The molecular weight excluding hydrogens is 388 g/mol. The first-order valence-electron chi connectivity index (χ1n) is 9.08. The van der Waals surface area contributed by atoms with E-state index in [0.717, 1.165) is 22.4 Å². The third-order valence-corrected chi connectivity index (χ3v) is 4.43. The van der Waals surface area contributed by atoms with E-state index < -0.39 is 0 Å². The van der Waals surface area contributed by atoms with Crippen LogP contribution in [-0.2, 0) is 11.4 Å². The van der Waals surface area contributed by atoms with E-state index in [1.807, 2.05) is 61.5 Å². The van der Waals surface area contributed by atoms with Gasteiger partial charge in [0, 0.05) is 5.02 Å². The van der Waals surface area contributed by atoms with Gasteiger partial charge >= 0.3 is 0 Å². The number of hydrogen-bond donors (Lipinski definition) is 1. The molecule has 3 aromatic carbocycles. The van der Waals surface area contributed by atoms with Crippen LogP contribution in [-0.4, -0.2) is 18.7 Å². The molecule has 0 heterocycles. The predicted octanol–water partition coefficient (Wildman–Crippen LogP) is 4.76. The van der Waals surface area contributed by atoms with Gasteiger partial charge in [-0.25, -0.2) is 5.43 Å². The van der Waals surface area contributed by atoms with E-state index in [9.17, 15) is 4.79 Å². The SMILES string of the molecule is Cc1cc(OCC(=O)NN=Cc2cccc(OCc3ccccc3)c2)ccc1Cl. The zero-order valence-corrected chi connectivity index (χ0v) is 16.7. The second-order valence-electron chi connectivity index (χ2n) is 6.34. The minimum Gasteiger partial charge on any atom is -0.489 e. The summed E-state index contributed by atoms with van der Waals surface area (Å²) in [5.41, 5.74) is 5.23. The number of benzene rings is 3. The number of nitrogens with one attached hydrogen (secondary N) is 1. The molecule has 0 radical (unpaired) electrons. The average Bonchev–Trinajstić information content (AvgIpc) is 2.74. The first kappa shape index (κ1) is 20.4. The van der Waals surface area contributed by atoms with Crippen molar-refractivity contribution in [3.8, 4) is 11.5 Å². The van der Waals surface area contributed by atoms with Crippen molar-refractivity contribution in [1.82, 2.24) is 5.43 Å². The van der Waals surface area contributed by atoms with Crippen LogP contribution in [0.1, 0.15) is 16.7 Å². The van der Waals surface area contributed by atoms with Gasteiger partial charge in [-0.05, 0) is 53.9 Å². The third-order valence-electron chi connectivity index (χ3n) is 4.01. The van der Waals surface area contributed by atoms with Gasteiger partial charge in [0.1, 0.15) is 18.1 Å². The van der Waals surface area contributed by atoms with Crippen LogP contribution in [0, 0.1) is 6.92 Å². The van der Waals surface area contributed by atoms with Crippen LogP contribution in [0.25, 0.3) is 0 Å². The molecule has 0 aliphatic carbocycles. The molecule has 0 aliphatic rings. The highest BCUT2D eigenvalue weighted by Gasteiger charge is 2.03. The zero-order chi connectivity index (χ0) is 20.5. The van der Waals surface area contributed by atoms with E-state index in [0.29, 0.717) is 17.4 Å². The van der Waals surface area contributed by atoms with Gasteiger partial charge in [0.25, 0.3) is 5.91 Å². The fourth-order valence-electron chi connectivity index (χ4n) is 2.49. The molecule has 1 amide bonds. The molecule has 3 rings (SSSR count). The Morgan fingerprint density at radius 2 is 1.79 bits per heavy atom. The number of nitrogens with zero attached hydrogens (tertiary/aromatic N) is 1. The number of rotatable bonds is 8. The van der Waals surface area contributed by atoms with Crippen LogP contribution in [0.4, 0.5) is 0 Å². The molecule has 29 heavy (non-hydrogen) atoms. The molecule has 5 nitrogen and oxygen atoms in total. The second-order valence-corrected chi connectivity index (χ2v) is 6.75. The quantitative estimate of drug-likeness (QED) is 0.432. The Balaban J connectivity index is 1.46. The van der Waals surface area contributed by atoms with E-state index in [-0.39, 0.29) is 12.5 Å². The Morgan fingerprint density at radius 1 is 1.00 bits per heavy atom. The van der Waals surface area contributed by atoms with Crippen LogP contribution in [0.2, 0.25) is 5.02 Å². The van der Waals surface area contributed by atoms with Crippen molar-refractivity contribution in [2.24, 2.45) is 5.10 Å². The number of halogens is 1. The molecule has 0 aliphatic heterocycles. The monoisotopic (exact) mass is 408 g/mol. The highest BCUT2D eigenvalue weighted by molar-refractivity contribution is 6.31. The van der Waals surface area contributed by atoms with Crippen LogP contribution in [0.5, 0.6) is 11.5 Å². The molecule has 1 N–H and O–H groups in total. The normalized spacial score (nSPS) is 10.7. The van der Waals surface area contributed by atoms with Gasteiger partial charge < -0.3 is 9.47 Å². The summed E-state index contributed by atoms with van der Waals surface area (Å²) >= 11 is 5.97. The third kappa shape index (κ3) is 6.66. The standard InChI is InChI=1S/C23H21ClN2O3/c1-17-12-21(10-11-22(17)24)29-16-23(27)26-25-14-19-8-5-9-20(13-19)28-15-18-6-3-2-4-7-18/h2-14H,15-16H2,1H3,(H,26,27). The first-order chi connectivity index (χ1) is 14.1. The van der Waals surface area contributed by atoms with Gasteiger partial charge in [0.05, 0.1) is 6.21 Å². The molecule has 6 heteroatoms. The fourth-order valence-corrected chi connectivity index (χ4v) is 2.61. The Kier molecular flexibility index (Phi) is 7.25. The molecule has 3 aromatic rings. The van der Waals surface area contributed by atoms with Crippen molar-refractivity contribution >= 4 is 23.7 Å². The summed E-state index contributed by atoms with van der Waals surface area (Å²) in [6.07, 6.45) is 1.56. The molecule has 0 spiro atoms. The lowest BCUT2D eigenvalue weighted by atomic mass is 10.2. The van der Waals surface area contributed by atoms with Gasteiger partial charge in [0.2, 0.25) is 0 Å². The summed E-state index contributed by atoms with van der Waals surface area (Å²) in [5.74, 6) is 0.949. The van der Waals surface area contributed by atoms with Gasteiger partial charge in [-0.2, -0.15) is 5.10 Å². The Labute approximate surface area is 174 Å². The number of carbonyl (C=O) groups is 1. The number of ether oxygens (including phenoxy) is 2. The van der Waals surface area contributed by atoms with Crippen molar-refractivity contribution in [2.45, 2.75) is 13.5 Å². The van der Waals surface area contributed by atoms with E-state index in [2.05, 4.69) is 10.5 Å². The van der Waals surface area contributed by atoms with Crippen molar-refractivity contribution in [3.05, 3.63) is 94.5 Å². The number of hydrogen-bond acceptors (Lipinski definition) is 4. The van der Waals surface area contributed by atoms with E-state index in [4.69, 9.17) is 21.1 Å². The van der Waals surface area contributed by atoms with Gasteiger partial charge in [-0.1, -0.05) is 54.1 Å². The minimum atomic E-state index is -0.356. The molecule has 0 saturated heterocycles. The molecule has 0 saturated carbocycles. The predicted molar refractivity (Wildman–Crippen MR) is 115 cm³/mol. The summed E-state index contributed by atoms with van der Waals surface area (Å²) in [7, 11) is 0. The molecular formula is C23H21ClN2O3. The molecule has 0 bridgehead atoms. The Morgan fingerprint density at radius 3 is 2.59 bits per heavy atom. The highest BCUT2D eigenvalue weighted by atomic mass is 35.5. The molecule has 148 valence electrons. The van der Waals surface area contributed by atoms with Gasteiger partial charge in [-0.3, -0.25) is 4.79 Å². The Hall–Kier alpha value is -3.31. The maximum Gasteiger partial charge on any atom is 0.277 e. The van der Waals surface area contributed by atoms with Crippen LogP contribution in [0.15, 0.2) is 77.9 Å². The lowest BCUT2D eigenvalue weighted by Gasteiger charge is -2.07. The number of hydrazone groups is 1. The summed E-state index contributed by atoms with van der Waals surface area (Å²) in [6, 6.07) is 22.6. The largest absolute Gasteiger partial charge is 0.489 e. The molecule has 0 atom stereocenters. The molecule has 0 fully saturated rings. The second kappa shape index (κ2) is 10.3. The topological polar surface area (TPSA) is 59.9 Å². The molecule has 0 aromatic heterocycles. The maximum absolute atomic E-state index is 11.9. The zero-order valence-electron chi connectivity index (χ0n) is 16.0. The summed E-state index contributed by atoms with van der Waals surface area (Å²) < 4.78 is 11.2. The van der Waals surface area contributed by atoms with Crippen LogP contribution < -0.4 is 14.9 Å². The first-order valence-corrected chi connectivity index (χ1v) is 9.45. The smallest absolute Gasteiger partial charge is 0.277 e. The van der Waals surface area contributed by atoms with E-state index in [1.54, 1.807) is 24.4 Å². The lowest BCUT2D eigenvalue weighted by molar-refractivity contribution is -0.123. The van der Waals surface area contributed by atoms with Crippen LogP contribution in [0.3, 0.4) is 0 Å². The number of carbonyl (C=O) groups excluding carboxylic acids is 1. The lowest BCUT2D eigenvalue weighted by Crippen LogP contribution is -2.24. The molecule has 0 unspecified atom stereocenters. The van der Waals surface area contributed by atoms with Crippen molar-refractivity contribution in [3.63, 3.8) is 0 Å². The van der Waals surface area contributed by atoms with Crippen molar-refractivity contribution in [2.75, 3.05) is 6.61 Å². The van der Waals surface area contributed by atoms with Crippen LogP contribution >= 0.6 is 11.6 Å². The maximum atomic E-state index is 11.9. The Bertz CT molecular complexity index is 990.